The lowest BCUT2D eigenvalue weighted by molar-refractivity contribution is 0.600. The molecule has 0 atom stereocenters. The van der Waals surface area contributed by atoms with Crippen molar-refractivity contribution in [2.75, 3.05) is 4.72 Å². The minimum atomic E-state index is -3.79. The first kappa shape index (κ1) is 14.8. The van der Waals surface area contributed by atoms with Gasteiger partial charge in [-0.15, -0.1) is 0 Å². The molecule has 1 aromatic carbocycles. The number of hydrogen-bond acceptors (Lipinski definition) is 4. The Kier molecular flexibility index (Phi) is 4.28. The normalized spacial score (nSPS) is 10.8. The average Bonchev–Trinajstić information content (AvgIpc) is 2.41. The fourth-order valence-electron chi connectivity index (χ4n) is 1.41. The van der Waals surface area contributed by atoms with E-state index in [9.17, 15) is 8.42 Å². The monoisotopic (exact) mass is 371 g/mol. The number of benzene rings is 1. The van der Waals surface area contributed by atoms with E-state index in [0.717, 1.165) is 0 Å². The van der Waals surface area contributed by atoms with Crippen LogP contribution < -0.4 is 4.72 Å². The number of halogens is 2. The SMILES string of the molecule is N#Cc1ccc(NS(=O)(=O)c2cncc(Br)c2)c(Cl)c1. The standard InChI is InChI=1S/C12H7BrClN3O2S/c13-9-4-10(7-16-6-9)20(18,19)17-12-2-1-8(5-15)3-11(12)14/h1-4,6-7,17H. The van der Waals surface area contributed by atoms with E-state index in [4.69, 9.17) is 16.9 Å². The van der Waals surface area contributed by atoms with Gasteiger partial charge in [-0.3, -0.25) is 9.71 Å². The summed E-state index contributed by atoms with van der Waals surface area (Å²) in [5.74, 6) is 0. The first-order valence-corrected chi connectivity index (χ1v) is 7.91. The molecule has 0 spiro atoms. The fourth-order valence-corrected chi connectivity index (χ4v) is 3.28. The Hall–Kier alpha value is -1.62. The van der Waals surface area contributed by atoms with Gasteiger partial charge in [-0.25, -0.2) is 8.42 Å². The molecule has 0 unspecified atom stereocenters. The number of sulfonamides is 1. The number of nitriles is 1. The summed E-state index contributed by atoms with van der Waals surface area (Å²) >= 11 is 9.09. The molecule has 0 amide bonds. The Morgan fingerprint density at radius 2 is 2.05 bits per heavy atom. The highest BCUT2D eigenvalue weighted by molar-refractivity contribution is 9.10. The molecule has 1 aromatic heterocycles. The molecule has 0 fully saturated rings. The van der Waals surface area contributed by atoms with Gasteiger partial charge < -0.3 is 0 Å². The van der Waals surface area contributed by atoms with E-state index in [1.165, 1.54) is 36.7 Å². The van der Waals surface area contributed by atoms with Gasteiger partial charge in [0.2, 0.25) is 0 Å². The molecule has 8 heteroatoms. The molecule has 1 heterocycles. The molecule has 0 aliphatic carbocycles. The zero-order valence-corrected chi connectivity index (χ0v) is 13.0. The number of pyridine rings is 1. The zero-order chi connectivity index (χ0) is 14.8. The highest BCUT2D eigenvalue weighted by Gasteiger charge is 2.16. The van der Waals surface area contributed by atoms with E-state index < -0.39 is 10.0 Å². The Bertz CT molecular complexity index is 803. The quantitative estimate of drug-likeness (QED) is 0.897. The molecule has 2 rings (SSSR count). The number of aromatic nitrogens is 1. The number of nitrogens with one attached hydrogen (secondary N) is 1. The lowest BCUT2D eigenvalue weighted by Gasteiger charge is -2.09. The van der Waals surface area contributed by atoms with E-state index in [0.29, 0.717) is 10.0 Å². The van der Waals surface area contributed by atoms with Crippen molar-refractivity contribution >= 4 is 43.2 Å². The summed E-state index contributed by atoms with van der Waals surface area (Å²) in [5, 5.41) is 8.88. The summed E-state index contributed by atoms with van der Waals surface area (Å²) in [6.45, 7) is 0. The summed E-state index contributed by atoms with van der Waals surface area (Å²) < 4.78 is 27.2. The Morgan fingerprint density at radius 1 is 1.30 bits per heavy atom. The highest BCUT2D eigenvalue weighted by atomic mass is 79.9. The van der Waals surface area contributed by atoms with E-state index >= 15 is 0 Å². The van der Waals surface area contributed by atoms with Crippen molar-refractivity contribution in [3.63, 3.8) is 0 Å². The van der Waals surface area contributed by atoms with Gasteiger partial charge in [0.15, 0.2) is 0 Å². The van der Waals surface area contributed by atoms with Crippen molar-refractivity contribution < 1.29 is 8.42 Å². The van der Waals surface area contributed by atoms with Gasteiger partial charge in [-0.05, 0) is 40.2 Å². The number of rotatable bonds is 3. The van der Waals surface area contributed by atoms with Crippen LogP contribution in [-0.4, -0.2) is 13.4 Å². The molecule has 102 valence electrons. The van der Waals surface area contributed by atoms with Crippen molar-refractivity contribution in [3.05, 3.63) is 51.7 Å². The van der Waals surface area contributed by atoms with Crippen LogP contribution in [0.25, 0.3) is 0 Å². The van der Waals surface area contributed by atoms with Crippen molar-refractivity contribution in [1.29, 1.82) is 5.26 Å². The third kappa shape index (κ3) is 3.28. The van der Waals surface area contributed by atoms with Crippen LogP contribution in [0.2, 0.25) is 5.02 Å². The molecule has 0 radical (unpaired) electrons. The second-order valence-corrected chi connectivity index (χ2v) is 6.76. The van der Waals surface area contributed by atoms with Crippen LogP contribution in [0.5, 0.6) is 0 Å². The average molecular weight is 373 g/mol. The van der Waals surface area contributed by atoms with Gasteiger partial charge in [0, 0.05) is 16.9 Å². The minimum absolute atomic E-state index is 0.00676. The van der Waals surface area contributed by atoms with Crippen molar-refractivity contribution in [1.82, 2.24) is 4.98 Å². The van der Waals surface area contributed by atoms with E-state index in [-0.39, 0.29) is 15.6 Å². The Balaban J connectivity index is 2.36. The Labute approximate surface area is 129 Å². The van der Waals surface area contributed by atoms with Crippen LogP contribution in [0.3, 0.4) is 0 Å². The van der Waals surface area contributed by atoms with E-state index in [1.807, 2.05) is 6.07 Å². The third-order valence-electron chi connectivity index (χ3n) is 2.33. The van der Waals surface area contributed by atoms with Crippen molar-refractivity contribution in [2.45, 2.75) is 4.90 Å². The van der Waals surface area contributed by atoms with Crippen molar-refractivity contribution in [2.24, 2.45) is 0 Å². The topological polar surface area (TPSA) is 82.9 Å². The summed E-state index contributed by atoms with van der Waals surface area (Å²) in [6, 6.07) is 7.64. The lowest BCUT2D eigenvalue weighted by Crippen LogP contribution is -2.13. The van der Waals surface area contributed by atoms with Gasteiger partial charge >= 0.3 is 0 Å². The van der Waals surface area contributed by atoms with Crippen LogP contribution >= 0.6 is 27.5 Å². The summed E-state index contributed by atoms with van der Waals surface area (Å²) in [6.07, 6.45) is 2.71. The predicted molar refractivity (Wildman–Crippen MR) is 78.9 cm³/mol. The first-order valence-electron chi connectivity index (χ1n) is 5.25. The molecule has 5 nitrogen and oxygen atoms in total. The molecular formula is C12H7BrClN3O2S. The smallest absolute Gasteiger partial charge is 0.263 e. The molecule has 0 bridgehead atoms. The predicted octanol–water partition coefficient (Wildman–Crippen LogP) is 3.17. The minimum Gasteiger partial charge on any atom is -0.278 e. The molecule has 2 aromatic rings. The van der Waals surface area contributed by atoms with Crippen molar-refractivity contribution in [3.8, 4) is 6.07 Å². The van der Waals surface area contributed by atoms with E-state index in [1.54, 1.807) is 0 Å². The van der Waals surface area contributed by atoms with Gasteiger partial charge in [0.1, 0.15) is 4.90 Å². The van der Waals surface area contributed by atoms with Gasteiger partial charge in [-0.2, -0.15) is 5.26 Å². The molecule has 20 heavy (non-hydrogen) atoms. The highest BCUT2D eigenvalue weighted by Crippen LogP contribution is 2.26. The summed E-state index contributed by atoms with van der Waals surface area (Å²) in [5.41, 5.74) is 0.549. The molecule has 0 aliphatic rings. The summed E-state index contributed by atoms with van der Waals surface area (Å²) in [7, 11) is -3.79. The van der Waals surface area contributed by atoms with Gasteiger partial charge in [-0.1, -0.05) is 11.6 Å². The molecule has 0 aliphatic heterocycles. The molecule has 0 saturated heterocycles. The third-order valence-corrected chi connectivity index (χ3v) is 4.41. The zero-order valence-electron chi connectivity index (χ0n) is 9.84. The van der Waals surface area contributed by atoms with Gasteiger partial charge in [0.05, 0.1) is 22.3 Å². The lowest BCUT2D eigenvalue weighted by atomic mass is 10.2. The summed E-state index contributed by atoms with van der Waals surface area (Å²) in [4.78, 5) is 3.81. The van der Waals surface area contributed by atoms with E-state index in [2.05, 4.69) is 25.6 Å². The van der Waals surface area contributed by atoms with Crippen LogP contribution in [0.1, 0.15) is 5.56 Å². The van der Waals surface area contributed by atoms with Crippen LogP contribution in [0.4, 0.5) is 5.69 Å². The van der Waals surface area contributed by atoms with Crippen LogP contribution in [0, 0.1) is 11.3 Å². The molecule has 0 saturated carbocycles. The largest absolute Gasteiger partial charge is 0.278 e. The van der Waals surface area contributed by atoms with Gasteiger partial charge in [0.25, 0.3) is 10.0 Å². The Morgan fingerprint density at radius 3 is 2.65 bits per heavy atom. The van der Waals surface area contributed by atoms with Crippen LogP contribution in [-0.2, 0) is 10.0 Å². The van der Waals surface area contributed by atoms with Crippen LogP contribution in [0.15, 0.2) is 46.0 Å². The maximum Gasteiger partial charge on any atom is 0.263 e. The number of hydrogen-bond donors (Lipinski definition) is 1. The first-order chi connectivity index (χ1) is 9.42. The number of anilines is 1. The second kappa shape index (κ2) is 5.79. The maximum absolute atomic E-state index is 12.2. The fraction of sp³-hybridized carbons (Fsp3) is 0. The molecule has 1 N–H and O–H groups in total. The number of nitrogens with zero attached hydrogens (tertiary/aromatic N) is 2. The molecular weight excluding hydrogens is 366 g/mol. The second-order valence-electron chi connectivity index (χ2n) is 3.75. The maximum atomic E-state index is 12.2.